The summed E-state index contributed by atoms with van der Waals surface area (Å²) in [6.45, 7) is 0.925. The molecule has 1 saturated carbocycles. The summed E-state index contributed by atoms with van der Waals surface area (Å²) in [5.41, 5.74) is -0.776. The van der Waals surface area contributed by atoms with Crippen LogP contribution < -0.4 is 5.32 Å². The Balaban J connectivity index is 2.26. The van der Waals surface area contributed by atoms with Crippen LogP contribution in [0.2, 0.25) is 0 Å². The van der Waals surface area contributed by atoms with E-state index in [4.69, 9.17) is 9.47 Å². The topological polar surface area (TPSA) is 84.9 Å². The maximum atomic E-state index is 11.5. The van der Waals surface area contributed by atoms with E-state index in [1.807, 2.05) is 0 Å². The first-order valence-electron chi connectivity index (χ1n) is 6.17. The van der Waals surface area contributed by atoms with Gasteiger partial charge in [-0.3, -0.25) is 9.59 Å². The van der Waals surface area contributed by atoms with Crippen molar-refractivity contribution in [2.24, 2.45) is 5.41 Å². The third kappa shape index (κ3) is 4.27. The molecule has 1 fully saturated rings. The molecular formula is C12H21NO5. The van der Waals surface area contributed by atoms with Gasteiger partial charge in [-0.15, -0.1) is 0 Å². The Bertz CT molecular complexity index is 286. The fourth-order valence-corrected chi connectivity index (χ4v) is 2.14. The lowest BCUT2D eigenvalue weighted by atomic mass is 9.86. The number of carbonyl (C=O) groups is 2. The molecule has 1 rings (SSSR count). The van der Waals surface area contributed by atoms with E-state index in [9.17, 15) is 14.7 Å². The standard InChI is InChI=1S/C12H21NO5/c1-17-6-7-18-8-10(14)13-9-12(11(15)16)4-2-3-5-12/h2-9H2,1H3,(H,13,14)(H,15,16). The minimum Gasteiger partial charge on any atom is -0.481 e. The van der Waals surface area contributed by atoms with Crippen molar-refractivity contribution in [3.05, 3.63) is 0 Å². The van der Waals surface area contributed by atoms with Gasteiger partial charge in [0.15, 0.2) is 0 Å². The number of aliphatic carboxylic acids is 1. The molecule has 0 bridgehead atoms. The molecule has 1 aliphatic rings. The van der Waals surface area contributed by atoms with Crippen LogP contribution in [0.25, 0.3) is 0 Å². The SMILES string of the molecule is COCCOCC(=O)NCC1(C(=O)O)CCCC1. The van der Waals surface area contributed by atoms with Crippen LogP contribution in [0, 0.1) is 5.41 Å². The predicted molar refractivity (Wildman–Crippen MR) is 64.2 cm³/mol. The zero-order valence-corrected chi connectivity index (χ0v) is 10.7. The number of nitrogens with one attached hydrogen (secondary N) is 1. The lowest BCUT2D eigenvalue weighted by Crippen LogP contribution is -2.42. The first-order valence-corrected chi connectivity index (χ1v) is 6.17. The number of hydrogen-bond donors (Lipinski definition) is 2. The molecule has 6 nitrogen and oxygen atoms in total. The normalized spacial score (nSPS) is 17.6. The van der Waals surface area contributed by atoms with Crippen LogP contribution in [-0.4, -0.2) is 50.5 Å². The van der Waals surface area contributed by atoms with Gasteiger partial charge >= 0.3 is 5.97 Å². The van der Waals surface area contributed by atoms with Gasteiger partial charge in [-0.05, 0) is 12.8 Å². The van der Waals surface area contributed by atoms with Crippen LogP contribution in [0.1, 0.15) is 25.7 Å². The average Bonchev–Trinajstić information content (AvgIpc) is 2.82. The van der Waals surface area contributed by atoms with Crippen molar-refractivity contribution in [1.29, 1.82) is 0 Å². The van der Waals surface area contributed by atoms with E-state index in [2.05, 4.69) is 5.32 Å². The number of ether oxygens (including phenoxy) is 2. The molecule has 1 amide bonds. The Kier molecular flexibility index (Phi) is 6.07. The van der Waals surface area contributed by atoms with E-state index < -0.39 is 11.4 Å². The minimum atomic E-state index is -0.819. The van der Waals surface area contributed by atoms with Crippen molar-refractivity contribution in [2.45, 2.75) is 25.7 Å². The predicted octanol–water partition coefficient (Wildman–Crippen LogP) is 0.411. The molecule has 1 aliphatic carbocycles. The summed E-state index contributed by atoms with van der Waals surface area (Å²) in [4.78, 5) is 22.7. The van der Waals surface area contributed by atoms with Crippen molar-refractivity contribution in [1.82, 2.24) is 5.32 Å². The third-order valence-electron chi connectivity index (χ3n) is 3.30. The number of methoxy groups -OCH3 is 1. The van der Waals surface area contributed by atoms with Crippen molar-refractivity contribution in [2.75, 3.05) is 33.5 Å². The second-order valence-electron chi connectivity index (χ2n) is 4.61. The first-order chi connectivity index (χ1) is 8.60. The van der Waals surface area contributed by atoms with Crippen molar-refractivity contribution < 1.29 is 24.2 Å². The van der Waals surface area contributed by atoms with Gasteiger partial charge in [0.25, 0.3) is 0 Å². The molecule has 104 valence electrons. The van der Waals surface area contributed by atoms with Gasteiger partial charge in [0.1, 0.15) is 6.61 Å². The molecule has 0 spiro atoms. The Labute approximate surface area is 107 Å². The van der Waals surface area contributed by atoms with E-state index >= 15 is 0 Å². The van der Waals surface area contributed by atoms with E-state index in [1.165, 1.54) is 0 Å². The van der Waals surface area contributed by atoms with E-state index in [0.29, 0.717) is 26.1 Å². The molecule has 0 atom stereocenters. The molecular weight excluding hydrogens is 238 g/mol. The molecule has 18 heavy (non-hydrogen) atoms. The summed E-state index contributed by atoms with van der Waals surface area (Å²) in [5.74, 6) is -1.10. The largest absolute Gasteiger partial charge is 0.481 e. The monoisotopic (exact) mass is 259 g/mol. The van der Waals surface area contributed by atoms with Gasteiger partial charge in [0.05, 0.1) is 18.6 Å². The second kappa shape index (κ2) is 7.33. The highest BCUT2D eigenvalue weighted by Crippen LogP contribution is 2.37. The Morgan fingerprint density at radius 1 is 1.28 bits per heavy atom. The fourth-order valence-electron chi connectivity index (χ4n) is 2.14. The van der Waals surface area contributed by atoms with Gasteiger partial charge in [-0.1, -0.05) is 12.8 Å². The maximum absolute atomic E-state index is 11.5. The molecule has 0 heterocycles. The van der Waals surface area contributed by atoms with Crippen LogP contribution in [-0.2, 0) is 19.1 Å². The van der Waals surface area contributed by atoms with Gasteiger partial charge < -0.3 is 19.9 Å². The van der Waals surface area contributed by atoms with E-state index in [1.54, 1.807) is 7.11 Å². The summed E-state index contributed by atoms with van der Waals surface area (Å²) in [7, 11) is 1.56. The van der Waals surface area contributed by atoms with Crippen LogP contribution >= 0.6 is 0 Å². The van der Waals surface area contributed by atoms with E-state index in [0.717, 1.165) is 12.8 Å². The Hall–Kier alpha value is -1.14. The molecule has 0 saturated heterocycles. The second-order valence-corrected chi connectivity index (χ2v) is 4.61. The lowest BCUT2D eigenvalue weighted by molar-refractivity contribution is -0.148. The summed E-state index contributed by atoms with van der Waals surface area (Å²) in [6, 6.07) is 0. The summed E-state index contributed by atoms with van der Waals surface area (Å²) in [5, 5.41) is 11.9. The molecule has 0 aromatic rings. The lowest BCUT2D eigenvalue weighted by Gasteiger charge is -2.23. The zero-order valence-electron chi connectivity index (χ0n) is 10.7. The van der Waals surface area contributed by atoms with E-state index in [-0.39, 0.29) is 19.1 Å². The van der Waals surface area contributed by atoms with Crippen molar-refractivity contribution in [3.8, 4) is 0 Å². The van der Waals surface area contributed by atoms with Crippen LogP contribution in [0.5, 0.6) is 0 Å². The van der Waals surface area contributed by atoms with Crippen LogP contribution in [0.15, 0.2) is 0 Å². The Morgan fingerprint density at radius 3 is 2.50 bits per heavy atom. The number of carboxylic acid groups (broad SMARTS) is 1. The molecule has 0 aliphatic heterocycles. The summed E-state index contributed by atoms with van der Waals surface area (Å²) in [6.07, 6.45) is 3.08. The van der Waals surface area contributed by atoms with Gasteiger partial charge in [0.2, 0.25) is 5.91 Å². The third-order valence-corrected chi connectivity index (χ3v) is 3.30. The minimum absolute atomic E-state index is 0.0565. The highest BCUT2D eigenvalue weighted by molar-refractivity contribution is 5.80. The summed E-state index contributed by atoms with van der Waals surface area (Å²) < 4.78 is 9.84. The Morgan fingerprint density at radius 2 is 1.94 bits per heavy atom. The molecule has 0 aromatic carbocycles. The van der Waals surface area contributed by atoms with Crippen LogP contribution in [0.4, 0.5) is 0 Å². The molecule has 0 radical (unpaired) electrons. The molecule has 2 N–H and O–H groups in total. The molecule has 0 aromatic heterocycles. The van der Waals surface area contributed by atoms with Gasteiger partial charge in [-0.25, -0.2) is 0 Å². The number of hydrogen-bond acceptors (Lipinski definition) is 4. The highest BCUT2D eigenvalue weighted by atomic mass is 16.5. The average molecular weight is 259 g/mol. The molecule has 6 heteroatoms. The highest BCUT2D eigenvalue weighted by Gasteiger charge is 2.41. The maximum Gasteiger partial charge on any atom is 0.311 e. The van der Waals surface area contributed by atoms with Gasteiger partial charge in [-0.2, -0.15) is 0 Å². The quantitative estimate of drug-likeness (QED) is 0.617. The zero-order chi connectivity index (χ0) is 13.4. The number of rotatable bonds is 8. The van der Waals surface area contributed by atoms with Crippen molar-refractivity contribution in [3.63, 3.8) is 0 Å². The number of amides is 1. The smallest absolute Gasteiger partial charge is 0.311 e. The number of carbonyl (C=O) groups excluding carboxylic acids is 1. The summed E-state index contributed by atoms with van der Waals surface area (Å²) >= 11 is 0. The van der Waals surface area contributed by atoms with Gasteiger partial charge in [0, 0.05) is 13.7 Å². The fraction of sp³-hybridized carbons (Fsp3) is 0.833. The van der Waals surface area contributed by atoms with Crippen LogP contribution in [0.3, 0.4) is 0 Å². The number of carboxylic acids is 1. The van der Waals surface area contributed by atoms with Crippen molar-refractivity contribution >= 4 is 11.9 Å². The molecule has 0 unspecified atom stereocenters. The first kappa shape index (κ1) is 14.9.